The predicted molar refractivity (Wildman–Crippen MR) is 101 cm³/mol. The molecule has 0 radical (unpaired) electrons. The second-order valence-electron chi connectivity index (χ2n) is 7.62. The lowest BCUT2D eigenvalue weighted by molar-refractivity contribution is 0.101. The van der Waals surface area contributed by atoms with E-state index in [1.165, 1.54) is 12.8 Å². The van der Waals surface area contributed by atoms with Crippen molar-refractivity contribution in [3.63, 3.8) is 0 Å². The maximum atomic E-state index is 14.7. The molecule has 0 saturated heterocycles. The first kappa shape index (κ1) is 17.3. The molecule has 0 aliphatic heterocycles. The van der Waals surface area contributed by atoms with Crippen LogP contribution in [0.3, 0.4) is 0 Å². The minimum atomic E-state index is -0.146. The summed E-state index contributed by atoms with van der Waals surface area (Å²) in [5, 5.41) is 0. The molecule has 0 aromatic heterocycles. The Kier molecular flexibility index (Phi) is 4.80. The largest absolute Gasteiger partial charge is 0.490 e. The van der Waals surface area contributed by atoms with Crippen LogP contribution in [0.4, 0.5) is 4.39 Å². The van der Waals surface area contributed by atoms with Gasteiger partial charge in [0.1, 0.15) is 11.6 Å². The molecule has 0 atom stereocenters. The van der Waals surface area contributed by atoms with Crippen molar-refractivity contribution < 1.29 is 13.9 Å². The zero-order chi connectivity index (χ0) is 18.1. The van der Waals surface area contributed by atoms with Crippen LogP contribution in [-0.2, 0) is 0 Å². The Labute approximate surface area is 154 Å². The first-order valence-corrected chi connectivity index (χ1v) is 9.74. The Hall–Kier alpha value is -2.16. The SMILES string of the molecule is CC(=O)c1ccc(OC2CCCC2)c(-c2cccc(F)c2C2CCC2)c1. The lowest BCUT2D eigenvalue weighted by Crippen LogP contribution is -2.14. The smallest absolute Gasteiger partial charge is 0.159 e. The van der Waals surface area contributed by atoms with Crippen molar-refractivity contribution in [2.24, 2.45) is 0 Å². The van der Waals surface area contributed by atoms with Crippen LogP contribution in [0.1, 0.15) is 73.7 Å². The lowest BCUT2D eigenvalue weighted by atomic mass is 9.76. The van der Waals surface area contributed by atoms with Crippen LogP contribution in [0.2, 0.25) is 0 Å². The number of hydrogen-bond acceptors (Lipinski definition) is 2. The molecule has 2 aliphatic carbocycles. The van der Waals surface area contributed by atoms with Crippen molar-refractivity contribution in [1.82, 2.24) is 0 Å². The van der Waals surface area contributed by atoms with Crippen molar-refractivity contribution in [2.45, 2.75) is 63.9 Å². The minimum Gasteiger partial charge on any atom is -0.490 e. The number of carbonyl (C=O) groups is 1. The van der Waals surface area contributed by atoms with E-state index in [1.54, 1.807) is 19.1 Å². The molecular formula is C23H25FO2. The van der Waals surface area contributed by atoms with Gasteiger partial charge in [0.15, 0.2) is 5.78 Å². The predicted octanol–water partition coefficient (Wildman–Crippen LogP) is 6.28. The molecule has 0 spiro atoms. The maximum absolute atomic E-state index is 14.7. The van der Waals surface area contributed by atoms with Crippen LogP contribution >= 0.6 is 0 Å². The highest BCUT2D eigenvalue weighted by molar-refractivity contribution is 5.96. The maximum Gasteiger partial charge on any atom is 0.159 e. The number of carbonyl (C=O) groups excluding carboxylic acids is 1. The van der Waals surface area contributed by atoms with Crippen molar-refractivity contribution in [2.75, 3.05) is 0 Å². The summed E-state index contributed by atoms with van der Waals surface area (Å²) in [7, 11) is 0. The summed E-state index contributed by atoms with van der Waals surface area (Å²) in [5.74, 6) is 0.909. The highest BCUT2D eigenvalue weighted by atomic mass is 19.1. The average Bonchev–Trinajstić information content (AvgIpc) is 3.08. The van der Waals surface area contributed by atoms with Crippen LogP contribution in [0.15, 0.2) is 36.4 Å². The number of hydrogen-bond donors (Lipinski definition) is 0. The quantitative estimate of drug-likeness (QED) is 0.592. The van der Waals surface area contributed by atoms with E-state index in [2.05, 4.69) is 0 Å². The summed E-state index contributed by atoms with van der Waals surface area (Å²) < 4.78 is 21.0. The second-order valence-corrected chi connectivity index (χ2v) is 7.62. The molecule has 0 bridgehead atoms. The lowest BCUT2D eigenvalue weighted by Gasteiger charge is -2.29. The number of ketones is 1. The van der Waals surface area contributed by atoms with Crippen LogP contribution < -0.4 is 4.74 Å². The highest BCUT2D eigenvalue weighted by Crippen LogP contribution is 2.45. The third-order valence-electron chi connectivity index (χ3n) is 5.84. The summed E-state index contributed by atoms with van der Waals surface area (Å²) in [6.45, 7) is 1.56. The van der Waals surface area contributed by atoms with Gasteiger partial charge in [0.2, 0.25) is 0 Å². The molecule has 2 aromatic rings. The van der Waals surface area contributed by atoms with Crippen molar-refractivity contribution >= 4 is 5.78 Å². The average molecular weight is 352 g/mol. The Bertz CT molecular complexity index is 817. The van der Waals surface area contributed by atoms with E-state index in [0.717, 1.165) is 54.5 Å². The molecule has 2 aromatic carbocycles. The van der Waals surface area contributed by atoms with E-state index in [1.807, 2.05) is 24.3 Å². The fourth-order valence-electron chi connectivity index (χ4n) is 4.13. The molecule has 2 saturated carbocycles. The molecule has 0 heterocycles. The standard InChI is InChI=1S/C23H25FO2/c1-15(25)17-12-13-22(26-18-8-2-3-9-18)20(14-17)19-10-5-11-21(24)23(19)16-6-4-7-16/h5,10-14,16,18H,2-4,6-9H2,1H3. The van der Waals surface area contributed by atoms with Gasteiger partial charge in [0, 0.05) is 11.1 Å². The van der Waals surface area contributed by atoms with E-state index >= 15 is 0 Å². The first-order valence-electron chi connectivity index (χ1n) is 9.74. The molecular weight excluding hydrogens is 327 g/mol. The molecule has 3 heteroatoms. The van der Waals surface area contributed by atoms with Crippen LogP contribution in [0.25, 0.3) is 11.1 Å². The van der Waals surface area contributed by atoms with E-state index in [0.29, 0.717) is 5.56 Å². The monoisotopic (exact) mass is 352 g/mol. The van der Waals surface area contributed by atoms with E-state index in [4.69, 9.17) is 4.74 Å². The summed E-state index contributed by atoms with van der Waals surface area (Å²) in [5.41, 5.74) is 3.16. The molecule has 2 nitrogen and oxygen atoms in total. The highest BCUT2D eigenvalue weighted by Gasteiger charge is 2.27. The van der Waals surface area contributed by atoms with Gasteiger partial charge in [0.05, 0.1) is 6.10 Å². The Balaban J connectivity index is 1.82. The summed E-state index contributed by atoms with van der Waals surface area (Å²) in [6.07, 6.45) is 7.93. The number of ether oxygens (including phenoxy) is 1. The number of Topliss-reactive ketones (excluding diaryl/α,β-unsaturated/α-hetero) is 1. The van der Waals surface area contributed by atoms with Crippen molar-refractivity contribution in [1.29, 1.82) is 0 Å². The Morgan fingerprint density at radius 1 is 1.00 bits per heavy atom. The summed E-state index contributed by atoms with van der Waals surface area (Å²) in [6, 6.07) is 10.9. The van der Waals surface area contributed by atoms with Gasteiger partial charge < -0.3 is 4.74 Å². The molecule has 0 N–H and O–H groups in total. The van der Waals surface area contributed by atoms with E-state index in [9.17, 15) is 9.18 Å². The molecule has 0 unspecified atom stereocenters. The first-order chi connectivity index (χ1) is 12.6. The molecule has 0 amide bonds. The Morgan fingerprint density at radius 3 is 2.42 bits per heavy atom. The normalized spacial score (nSPS) is 17.9. The fourth-order valence-corrected chi connectivity index (χ4v) is 4.13. The molecule has 26 heavy (non-hydrogen) atoms. The molecule has 2 fully saturated rings. The third kappa shape index (κ3) is 3.27. The van der Waals surface area contributed by atoms with Gasteiger partial charge in [0.25, 0.3) is 0 Å². The van der Waals surface area contributed by atoms with Crippen molar-refractivity contribution in [3.8, 4) is 16.9 Å². The Morgan fingerprint density at radius 2 is 1.77 bits per heavy atom. The molecule has 2 aliphatic rings. The summed E-state index contributed by atoms with van der Waals surface area (Å²) in [4.78, 5) is 11.9. The zero-order valence-electron chi connectivity index (χ0n) is 15.3. The van der Waals surface area contributed by atoms with Gasteiger partial charge in [-0.25, -0.2) is 4.39 Å². The fraction of sp³-hybridized carbons (Fsp3) is 0.435. The van der Waals surface area contributed by atoms with Crippen LogP contribution in [0, 0.1) is 5.82 Å². The zero-order valence-corrected chi connectivity index (χ0v) is 15.3. The van der Waals surface area contributed by atoms with Gasteiger partial charge in [-0.3, -0.25) is 4.79 Å². The van der Waals surface area contributed by atoms with Gasteiger partial charge in [-0.05, 0) is 86.8 Å². The third-order valence-corrected chi connectivity index (χ3v) is 5.84. The molecule has 4 rings (SSSR count). The number of halogens is 1. The van der Waals surface area contributed by atoms with Gasteiger partial charge >= 0.3 is 0 Å². The minimum absolute atomic E-state index is 0.0141. The topological polar surface area (TPSA) is 26.3 Å². The van der Waals surface area contributed by atoms with Crippen LogP contribution in [-0.4, -0.2) is 11.9 Å². The molecule has 136 valence electrons. The van der Waals surface area contributed by atoms with Crippen LogP contribution in [0.5, 0.6) is 5.75 Å². The number of rotatable bonds is 5. The van der Waals surface area contributed by atoms with Gasteiger partial charge in [-0.1, -0.05) is 18.6 Å². The second kappa shape index (κ2) is 7.22. The van der Waals surface area contributed by atoms with E-state index in [-0.39, 0.29) is 23.6 Å². The summed E-state index contributed by atoms with van der Waals surface area (Å²) >= 11 is 0. The van der Waals surface area contributed by atoms with Gasteiger partial charge in [-0.2, -0.15) is 0 Å². The van der Waals surface area contributed by atoms with E-state index < -0.39 is 0 Å². The van der Waals surface area contributed by atoms with Gasteiger partial charge in [-0.15, -0.1) is 0 Å². The number of benzene rings is 2. The van der Waals surface area contributed by atoms with Crippen molar-refractivity contribution in [3.05, 3.63) is 53.3 Å².